The van der Waals surface area contributed by atoms with Crippen LogP contribution in [0.1, 0.15) is 67.5 Å². The van der Waals surface area contributed by atoms with E-state index in [0.29, 0.717) is 26.0 Å². The van der Waals surface area contributed by atoms with Gasteiger partial charge in [-0.25, -0.2) is 0 Å². The highest BCUT2D eigenvalue weighted by Crippen LogP contribution is 2.44. The minimum Gasteiger partial charge on any atom is -0.496 e. The largest absolute Gasteiger partial charge is 0.496 e. The Bertz CT molecular complexity index is 1290. The van der Waals surface area contributed by atoms with Crippen LogP contribution < -0.4 is 14.8 Å². The third-order valence-electron chi connectivity index (χ3n) is 6.97. The van der Waals surface area contributed by atoms with Gasteiger partial charge < -0.3 is 24.8 Å². The quantitative estimate of drug-likeness (QED) is 0.180. The maximum atomic E-state index is 11.3. The number of benzene rings is 3. The van der Waals surface area contributed by atoms with E-state index in [4.69, 9.17) is 9.47 Å². The molecule has 6 nitrogen and oxygen atoms in total. The summed E-state index contributed by atoms with van der Waals surface area (Å²) in [6, 6.07) is 16.1. The Balaban J connectivity index is 2.16. The van der Waals surface area contributed by atoms with Crippen LogP contribution in [-0.2, 0) is 11.2 Å². The molecule has 2 N–H and O–H groups in total. The van der Waals surface area contributed by atoms with Gasteiger partial charge in [0.2, 0.25) is 0 Å². The minimum absolute atomic E-state index is 0.0747. The lowest BCUT2D eigenvalue weighted by atomic mass is 9.92. The molecule has 0 spiro atoms. The molecule has 0 amide bonds. The van der Waals surface area contributed by atoms with E-state index in [1.165, 1.54) is 5.56 Å². The number of aryl methyl sites for hydroxylation is 1. The number of halogens is 2. The number of hydrogen-bond acceptors (Lipinski definition) is 5. The fourth-order valence-electron chi connectivity index (χ4n) is 4.79. The summed E-state index contributed by atoms with van der Waals surface area (Å²) in [6.45, 7) is 14.4. The van der Waals surface area contributed by atoms with Gasteiger partial charge in [-0.2, -0.15) is 0 Å². The zero-order chi connectivity index (χ0) is 29.4. The maximum absolute atomic E-state index is 11.3. The Kier molecular flexibility index (Phi) is 12.1. The van der Waals surface area contributed by atoms with Crippen LogP contribution in [0.5, 0.6) is 17.2 Å². The van der Waals surface area contributed by atoms with Gasteiger partial charge in [0.05, 0.1) is 28.5 Å². The average Bonchev–Trinajstić information content (AvgIpc) is 2.90. The molecule has 1 unspecified atom stereocenters. The van der Waals surface area contributed by atoms with Gasteiger partial charge in [-0.1, -0.05) is 57.5 Å². The first-order valence-corrected chi connectivity index (χ1v) is 15.3. The average molecular weight is 676 g/mol. The van der Waals surface area contributed by atoms with Crippen LogP contribution in [0, 0.1) is 6.92 Å². The summed E-state index contributed by atoms with van der Waals surface area (Å²) < 4.78 is 13.9. The number of nitrogens with zero attached hydrogens (tertiary/aromatic N) is 1. The van der Waals surface area contributed by atoms with Crippen molar-refractivity contribution in [2.45, 2.75) is 53.0 Å². The number of ether oxygens (including phenoxy) is 2. The molecule has 0 heterocycles. The molecule has 3 rings (SSSR count). The van der Waals surface area contributed by atoms with E-state index >= 15 is 0 Å². The third-order valence-corrected chi connectivity index (χ3v) is 8.15. The molecule has 0 aromatic heterocycles. The Morgan fingerprint density at radius 2 is 1.65 bits per heavy atom. The molecule has 8 heteroatoms. The molecule has 0 bridgehead atoms. The molecule has 3 aromatic carbocycles. The number of carboxylic acid groups (broad SMARTS) is 1. The van der Waals surface area contributed by atoms with Crippen LogP contribution in [0.3, 0.4) is 0 Å². The molecule has 0 fully saturated rings. The Hall–Kier alpha value is -2.39. The Morgan fingerprint density at radius 1 is 1.00 bits per heavy atom. The van der Waals surface area contributed by atoms with E-state index in [1.807, 2.05) is 0 Å². The number of likely N-dealkylation sites (N-methyl/N-ethyl adjacent to an activating group) is 1. The first-order valence-electron chi connectivity index (χ1n) is 13.7. The first-order chi connectivity index (χ1) is 19.1. The van der Waals surface area contributed by atoms with Crippen LogP contribution in [0.2, 0.25) is 0 Å². The monoisotopic (exact) mass is 674 g/mol. The molecule has 216 valence electrons. The van der Waals surface area contributed by atoms with Crippen molar-refractivity contribution in [2.75, 3.05) is 33.3 Å². The summed E-state index contributed by atoms with van der Waals surface area (Å²) in [5.74, 6) is 1.43. The van der Waals surface area contributed by atoms with E-state index in [1.54, 1.807) is 19.2 Å². The topological polar surface area (TPSA) is 71.0 Å². The lowest BCUT2D eigenvalue weighted by Gasteiger charge is -2.27. The second kappa shape index (κ2) is 15.0. The smallest absolute Gasteiger partial charge is 0.307 e. The fourth-order valence-corrected chi connectivity index (χ4v) is 6.24. The second-order valence-electron chi connectivity index (χ2n) is 10.2. The molecule has 1 atom stereocenters. The predicted molar refractivity (Wildman–Crippen MR) is 169 cm³/mol. The predicted octanol–water partition coefficient (Wildman–Crippen LogP) is 8.09. The summed E-state index contributed by atoms with van der Waals surface area (Å²) in [7, 11) is 1.70. The molecule has 0 aliphatic rings. The number of carbonyl (C=O) groups is 1. The van der Waals surface area contributed by atoms with Crippen molar-refractivity contribution in [1.82, 2.24) is 10.2 Å². The van der Waals surface area contributed by atoms with Crippen molar-refractivity contribution in [3.05, 3.63) is 85.3 Å². The number of hydrogen-bond donors (Lipinski definition) is 2. The van der Waals surface area contributed by atoms with Gasteiger partial charge in [-0.15, -0.1) is 0 Å². The number of aliphatic carboxylic acids is 1. The summed E-state index contributed by atoms with van der Waals surface area (Å²) in [4.78, 5) is 13.7. The van der Waals surface area contributed by atoms with Crippen LogP contribution >= 0.6 is 31.9 Å². The summed E-state index contributed by atoms with van der Waals surface area (Å²) in [5.41, 5.74) is 4.99. The highest BCUT2D eigenvalue weighted by molar-refractivity contribution is 9.11. The van der Waals surface area contributed by atoms with E-state index in [2.05, 4.69) is 113 Å². The standard InChI is InChI=1S/C32H40Br2N2O4/c1-7-36(8-2)13-12-35-31(23-11-9-10-21(5)14-23)25-19-28(39-6)24(20(3)4)18-29(25)40-32-26(33)15-22(16-27(32)34)17-30(37)38/h9-11,14-16,18-20,31,35H,7-8,12-13,17H2,1-6H3,(H,37,38). The molecular weight excluding hydrogens is 636 g/mol. The highest BCUT2D eigenvalue weighted by Gasteiger charge is 2.24. The fraction of sp³-hybridized carbons (Fsp3) is 0.406. The minimum atomic E-state index is -0.886. The molecule has 0 saturated carbocycles. The van der Waals surface area contributed by atoms with Gasteiger partial charge in [0.25, 0.3) is 0 Å². The van der Waals surface area contributed by atoms with Crippen molar-refractivity contribution >= 4 is 37.8 Å². The van der Waals surface area contributed by atoms with Crippen molar-refractivity contribution in [1.29, 1.82) is 0 Å². The van der Waals surface area contributed by atoms with E-state index in [9.17, 15) is 9.90 Å². The normalized spacial score (nSPS) is 12.2. The molecule has 0 radical (unpaired) electrons. The number of methoxy groups -OCH3 is 1. The van der Waals surface area contributed by atoms with E-state index in [-0.39, 0.29) is 18.4 Å². The summed E-state index contributed by atoms with van der Waals surface area (Å²) >= 11 is 7.23. The van der Waals surface area contributed by atoms with Gasteiger partial charge in [0.15, 0.2) is 5.75 Å². The SMILES string of the molecule is CCN(CC)CCNC(c1cccc(C)c1)c1cc(OC)c(C(C)C)cc1Oc1c(Br)cc(CC(=O)O)cc1Br. The molecule has 3 aromatic rings. The van der Waals surface area contributed by atoms with Crippen LogP contribution in [0.25, 0.3) is 0 Å². The first kappa shape index (κ1) is 32.1. The second-order valence-corrected chi connectivity index (χ2v) is 11.9. The van der Waals surface area contributed by atoms with Crippen LogP contribution in [0.4, 0.5) is 0 Å². The van der Waals surface area contributed by atoms with Crippen molar-refractivity contribution in [2.24, 2.45) is 0 Å². The Labute approximate surface area is 255 Å². The van der Waals surface area contributed by atoms with Gasteiger partial charge in [0, 0.05) is 24.2 Å². The summed E-state index contributed by atoms with van der Waals surface area (Å²) in [6.07, 6.45) is -0.0747. The summed E-state index contributed by atoms with van der Waals surface area (Å²) in [5, 5.41) is 13.1. The molecule has 0 aliphatic carbocycles. The van der Waals surface area contributed by atoms with Gasteiger partial charge in [-0.05, 0) is 93.2 Å². The van der Waals surface area contributed by atoms with E-state index < -0.39 is 5.97 Å². The zero-order valence-electron chi connectivity index (χ0n) is 24.2. The number of nitrogens with one attached hydrogen (secondary N) is 1. The van der Waals surface area contributed by atoms with Crippen molar-refractivity contribution in [3.8, 4) is 17.2 Å². The molecular formula is C32H40Br2N2O4. The lowest BCUT2D eigenvalue weighted by Crippen LogP contribution is -2.34. The highest BCUT2D eigenvalue weighted by atomic mass is 79.9. The van der Waals surface area contributed by atoms with Gasteiger partial charge in [0.1, 0.15) is 11.5 Å². The van der Waals surface area contributed by atoms with Gasteiger partial charge >= 0.3 is 5.97 Å². The maximum Gasteiger partial charge on any atom is 0.307 e. The number of rotatable bonds is 14. The van der Waals surface area contributed by atoms with Crippen molar-refractivity contribution < 1.29 is 19.4 Å². The molecule has 0 saturated heterocycles. The van der Waals surface area contributed by atoms with Crippen LogP contribution in [-0.4, -0.2) is 49.3 Å². The Morgan fingerprint density at radius 3 is 2.20 bits per heavy atom. The van der Waals surface area contributed by atoms with Crippen LogP contribution in [0.15, 0.2) is 57.5 Å². The van der Waals surface area contributed by atoms with Gasteiger partial charge in [-0.3, -0.25) is 4.79 Å². The molecule has 0 aliphatic heterocycles. The molecule has 40 heavy (non-hydrogen) atoms. The van der Waals surface area contributed by atoms with E-state index in [0.717, 1.165) is 48.6 Å². The van der Waals surface area contributed by atoms with Crippen molar-refractivity contribution in [3.63, 3.8) is 0 Å². The number of carboxylic acids is 1. The third kappa shape index (κ3) is 8.32. The zero-order valence-corrected chi connectivity index (χ0v) is 27.4. The lowest BCUT2D eigenvalue weighted by molar-refractivity contribution is -0.136.